The molecule has 0 aliphatic rings. The number of hydrogen-bond acceptors (Lipinski definition) is 2. The number of rotatable bonds is 5. The second-order valence-electron chi connectivity index (χ2n) is 3.87. The van der Waals surface area contributed by atoms with Gasteiger partial charge in [-0.1, -0.05) is 42.0 Å². The molecule has 1 rings (SSSR count). The van der Waals surface area contributed by atoms with E-state index in [-0.39, 0.29) is 5.75 Å². The van der Waals surface area contributed by atoms with Gasteiger partial charge in [0.25, 0.3) is 0 Å². The fourth-order valence-electron chi connectivity index (χ4n) is 1.12. The minimum absolute atomic E-state index is 0.0438. The van der Waals surface area contributed by atoms with E-state index in [0.29, 0.717) is 6.54 Å². The molecule has 4 heteroatoms. The van der Waals surface area contributed by atoms with Crippen molar-refractivity contribution in [1.29, 1.82) is 0 Å². The van der Waals surface area contributed by atoms with Gasteiger partial charge in [-0.25, -0.2) is 13.1 Å². The van der Waals surface area contributed by atoms with Crippen molar-refractivity contribution in [2.24, 2.45) is 0 Å². The molecule has 88 valence electrons. The molecule has 0 atom stereocenters. The highest BCUT2D eigenvalue weighted by Crippen LogP contribution is 1.99. The van der Waals surface area contributed by atoms with Crippen molar-refractivity contribution in [3.63, 3.8) is 0 Å². The van der Waals surface area contributed by atoms with E-state index in [4.69, 9.17) is 0 Å². The zero-order valence-corrected chi connectivity index (χ0v) is 10.4. The molecular formula is C12H17NO2S. The van der Waals surface area contributed by atoms with E-state index in [1.807, 2.05) is 44.2 Å². The Bertz CT molecular complexity index is 445. The maximum atomic E-state index is 11.6. The highest BCUT2D eigenvalue weighted by molar-refractivity contribution is 7.89. The van der Waals surface area contributed by atoms with Crippen molar-refractivity contribution < 1.29 is 8.42 Å². The van der Waals surface area contributed by atoms with Gasteiger partial charge in [-0.05, 0) is 19.4 Å². The van der Waals surface area contributed by atoms with Gasteiger partial charge >= 0.3 is 0 Å². The Morgan fingerprint density at radius 1 is 1.25 bits per heavy atom. The highest BCUT2D eigenvalue weighted by atomic mass is 32.2. The average molecular weight is 239 g/mol. The summed E-state index contributed by atoms with van der Waals surface area (Å²) in [5.41, 5.74) is 1.97. The Hall–Kier alpha value is -1.13. The fraction of sp³-hybridized carbons (Fsp3) is 0.333. The van der Waals surface area contributed by atoms with Crippen molar-refractivity contribution in [2.75, 3.05) is 5.75 Å². The molecule has 3 nitrogen and oxygen atoms in total. The first-order chi connectivity index (χ1) is 7.49. The summed E-state index contributed by atoms with van der Waals surface area (Å²) in [4.78, 5) is 0. The van der Waals surface area contributed by atoms with Crippen LogP contribution in [0.4, 0.5) is 0 Å². The lowest BCUT2D eigenvalue weighted by molar-refractivity contribution is 0.584. The van der Waals surface area contributed by atoms with Gasteiger partial charge in [-0.2, -0.15) is 0 Å². The lowest BCUT2D eigenvalue weighted by Crippen LogP contribution is -2.25. The van der Waals surface area contributed by atoms with E-state index in [9.17, 15) is 8.42 Å². The molecule has 0 aliphatic heterocycles. The third-order valence-electron chi connectivity index (χ3n) is 2.05. The number of nitrogens with one attached hydrogen (secondary N) is 1. The summed E-state index contributed by atoms with van der Waals surface area (Å²) in [5, 5.41) is 0. The van der Waals surface area contributed by atoms with Crippen LogP contribution in [0.1, 0.15) is 19.4 Å². The summed E-state index contributed by atoms with van der Waals surface area (Å²) in [5.74, 6) is 0.0438. The number of hydrogen-bond donors (Lipinski definition) is 1. The predicted molar refractivity (Wildman–Crippen MR) is 66.5 cm³/mol. The summed E-state index contributed by atoms with van der Waals surface area (Å²) >= 11 is 0. The topological polar surface area (TPSA) is 46.2 Å². The maximum Gasteiger partial charge on any atom is 0.215 e. The van der Waals surface area contributed by atoms with Gasteiger partial charge in [0.1, 0.15) is 0 Å². The van der Waals surface area contributed by atoms with Gasteiger partial charge < -0.3 is 0 Å². The van der Waals surface area contributed by atoms with Crippen molar-refractivity contribution in [3.05, 3.63) is 47.5 Å². The van der Waals surface area contributed by atoms with Gasteiger partial charge in [-0.15, -0.1) is 0 Å². The van der Waals surface area contributed by atoms with Crippen LogP contribution >= 0.6 is 0 Å². The van der Waals surface area contributed by atoms with Crippen LogP contribution in [0.3, 0.4) is 0 Å². The molecule has 0 saturated carbocycles. The Morgan fingerprint density at radius 2 is 1.88 bits per heavy atom. The largest absolute Gasteiger partial charge is 0.215 e. The molecule has 0 radical (unpaired) electrons. The molecule has 16 heavy (non-hydrogen) atoms. The van der Waals surface area contributed by atoms with E-state index >= 15 is 0 Å². The Morgan fingerprint density at radius 3 is 2.44 bits per heavy atom. The smallest absolute Gasteiger partial charge is 0.212 e. The first-order valence-corrected chi connectivity index (χ1v) is 6.79. The quantitative estimate of drug-likeness (QED) is 0.800. The van der Waals surface area contributed by atoms with Crippen LogP contribution in [0.2, 0.25) is 0 Å². The molecule has 1 N–H and O–H groups in total. The van der Waals surface area contributed by atoms with E-state index < -0.39 is 10.0 Å². The lowest BCUT2D eigenvalue weighted by atomic mass is 10.2. The molecule has 0 fully saturated rings. The third kappa shape index (κ3) is 5.09. The molecule has 0 saturated heterocycles. The Labute approximate surface area is 97.2 Å². The zero-order chi connectivity index (χ0) is 12.0. The molecule has 0 heterocycles. The monoisotopic (exact) mass is 239 g/mol. The first-order valence-electron chi connectivity index (χ1n) is 5.14. The summed E-state index contributed by atoms with van der Waals surface area (Å²) in [6.45, 7) is 4.11. The molecule has 1 aromatic rings. The van der Waals surface area contributed by atoms with E-state index in [0.717, 1.165) is 11.1 Å². The molecule has 0 bridgehead atoms. The summed E-state index contributed by atoms with van der Waals surface area (Å²) in [7, 11) is -3.20. The molecule has 0 aliphatic carbocycles. The summed E-state index contributed by atoms with van der Waals surface area (Å²) in [6, 6.07) is 9.47. The molecule has 0 aromatic heterocycles. The Balaban J connectivity index is 2.52. The summed E-state index contributed by atoms with van der Waals surface area (Å²) in [6.07, 6.45) is 1.70. The molecular weight excluding hydrogens is 222 g/mol. The van der Waals surface area contributed by atoms with Crippen molar-refractivity contribution in [1.82, 2.24) is 4.72 Å². The molecule has 1 aromatic carbocycles. The van der Waals surface area contributed by atoms with Crippen LogP contribution in [0, 0.1) is 0 Å². The maximum absolute atomic E-state index is 11.6. The third-order valence-corrected chi connectivity index (χ3v) is 3.24. The minimum atomic E-state index is -3.20. The highest BCUT2D eigenvalue weighted by Gasteiger charge is 2.06. The van der Waals surface area contributed by atoms with Gasteiger partial charge in [0.2, 0.25) is 10.0 Å². The molecule has 0 amide bonds. The Kier molecular flexibility index (Phi) is 4.71. The second kappa shape index (κ2) is 5.82. The summed E-state index contributed by atoms with van der Waals surface area (Å²) < 4.78 is 25.7. The van der Waals surface area contributed by atoms with Crippen LogP contribution in [-0.2, 0) is 16.6 Å². The molecule has 0 spiro atoms. The van der Waals surface area contributed by atoms with Gasteiger partial charge in [-0.3, -0.25) is 0 Å². The van der Waals surface area contributed by atoms with E-state index in [2.05, 4.69) is 4.72 Å². The average Bonchev–Trinajstić information content (AvgIpc) is 2.26. The van der Waals surface area contributed by atoms with Crippen LogP contribution < -0.4 is 4.72 Å². The van der Waals surface area contributed by atoms with Crippen LogP contribution in [0.25, 0.3) is 0 Å². The lowest BCUT2D eigenvalue weighted by Gasteiger charge is -2.04. The number of allylic oxidation sites excluding steroid dienone is 1. The molecule has 0 unspecified atom stereocenters. The number of sulfonamides is 1. The second-order valence-corrected chi connectivity index (χ2v) is 5.72. The van der Waals surface area contributed by atoms with Gasteiger partial charge in [0.15, 0.2) is 0 Å². The van der Waals surface area contributed by atoms with E-state index in [1.165, 1.54) is 0 Å². The van der Waals surface area contributed by atoms with Gasteiger partial charge in [0.05, 0.1) is 5.75 Å². The number of benzene rings is 1. The standard InChI is InChI=1S/C12H17NO2S/c1-11(2)8-9-16(14,15)13-10-12-6-4-3-5-7-12/h3-8,13H,9-10H2,1-2H3. The van der Waals surface area contributed by atoms with Crippen molar-refractivity contribution in [3.8, 4) is 0 Å². The van der Waals surface area contributed by atoms with Crippen molar-refractivity contribution >= 4 is 10.0 Å². The van der Waals surface area contributed by atoms with Crippen LogP contribution in [0.5, 0.6) is 0 Å². The van der Waals surface area contributed by atoms with Crippen LogP contribution in [0.15, 0.2) is 42.0 Å². The normalized spacial score (nSPS) is 11.1. The van der Waals surface area contributed by atoms with E-state index in [1.54, 1.807) is 6.08 Å². The fourth-order valence-corrected chi connectivity index (χ4v) is 2.18. The first kappa shape index (κ1) is 12.9. The van der Waals surface area contributed by atoms with Crippen molar-refractivity contribution in [2.45, 2.75) is 20.4 Å². The zero-order valence-electron chi connectivity index (χ0n) is 9.60. The SMILES string of the molecule is CC(C)=CCS(=O)(=O)NCc1ccccc1. The van der Waals surface area contributed by atoms with Gasteiger partial charge in [0, 0.05) is 6.54 Å². The predicted octanol–water partition coefficient (Wildman–Crippen LogP) is 2.07. The van der Waals surface area contributed by atoms with Crippen LogP contribution in [-0.4, -0.2) is 14.2 Å². The minimum Gasteiger partial charge on any atom is -0.212 e.